The lowest BCUT2D eigenvalue weighted by molar-refractivity contribution is -0.139. The number of nitrogens with zero attached hydrogens (tertiary/aromatic N) is 1. The van der Waals surface area contributed by atoms with Crippen molar-refractivity contribution in [3.63, 3.8) is 0 Å². The molecule has 2 N–H and O–H groups in total. The molecule has 0 spiro atoms. The van der Waals surface area contributed by atoms with Gasteiger partial charge in [0.15, 0.2) is 0 Å². The third-order valence-corrected chi connectivity index (χ3v) is 5.45. The summed E-state index contributed by atoms with van der Waals surface area (Å²) in [4.78, 5) is 14.9. The van der Waals surface area contributed by atoms with Gasteiger partial charge in [0.25, 0.3) is 0 Å². The quantitative estimate of drug-likeness (QED) is 0.928. The van der Waals surface area contributed by atoms with E-state index in [4.69, 9.17) is 5.73 Å². The van der Waals surface area contributed by atoms with Crippen LogP contribution in [0.1, 0.15) is 49.3 Å². The lowest BCUT2D eigenvalue weighted by atomic mass is 9.78. The topological polar surface area (TPSA) is 46.3 Å². The maximum Gasteiger partial charge on any atom is 0.226 e. The Bertz CT molecular complexity index is 514. The highest BCUT2D eigenvalue weighted by atomic mass is 16.2. The molecule has 1 aromatic carbocycles. The van der Waals surface area contributed by atoms with Gasteiger partial charge in [0.05, 0.1) is 6.04 Å². The molecule has 3 nitrogen and oxygen atoms in total. The van der Waals surface area contributed by atoms with Crippen molar-refractivity contribution in [1.29, 1.82) is 0 Å². The molecule has 3 rings (SSSR count). The van der Waals surface area contributed by atoms with Crippen LogP contribution in [0.4, 0.5) is 0 Å². The minimum atomic E-state index is 0.140. The van der Waals surface area contributed by atoms with Crippen molar-refractivity contribution in [3.05, 3.63) is 35.4 Å². The van der Waals surface area contributed by atoms with E-state index in [0.717, 1.165) is 25.7 Å². The van der Waals surface area contributed by atoms with Crippen LogP contribution >= 0.6 is 0 Å². The molecule has 114 valence electrons. The first-order valence-corrected chi connectivity index (χ1v) is 8.27. The highest BCUT2D eigenvalue weighted by Crippen LogP contribution is 2.38. The zero-order valence-electron chi connectivity index (χ0n) is 12.9. The minimum absolute atomic E-state index is 0.140. The van der Waals surface area contributed by atoms with E-state index in [0.29, 0.717) is 18.4 Å². The van der Waals surface area contributed by atoms with Gasteiger partial charge in [0.1, 0.15) is 0 Å². The van der Waals surface area contributed by atoms with Gasteiger partial charge in [-0.15, -0.1) is 0 Å². The number of benzene rings is 1. The third kappa shape index (κ3) is 2.71. The Morgan fingerprint density at radius 1 is 1.24 bits per heavy atom. The molecule has 1 amide bonds. The smallest absolute Gasteiger partial charge is 0.226 e. The van der Waals surface area contributed by atoms with Crippen LogP contribution in [0.25, 0.3) is 0 Å². The van der Waals surface area contributed by atoms with Crippen molar-refractivity contribution in [2.45, 2.75) is 44.6 Å². The zero-order valence-corrected chi connectivity index (χ0v) is 12.9. The second-order valence-corrected chi connectivity index (χ2v) is 6.59. The molecule has 0 bridgehead atoms. The fourth-order valence-corrected chi connectivity index (χ4v) is 4.17. The Labute approximate surface area is 127 Å². The van der Waals surface area contributed by atoms with Crippen LogP contribution in [0.5, 0.6) is 0 Å². The van der Waals surface area contributed by atoms with E-state index in [1.165, 1.54) is 24.0 Å². The molecule has 0 aromatic heterocycles. The number of rotatable bonds is 3. The second kappa shape index (κ2) is 6.18. The van der Waals surface area contributed by atoms with Crippen LogP contribution in [0.15, 0.2) is 24.3 Å². The first-order valence-electron chi connectivity index (χ1n) is 8.27. The molecule has 3 unspecified atom stereocenters. The molecule has 2 aliphatic carbocycles. The van der Waals surface area contributed by atoms with Crippen molar-refractivity contribution >= 4 is 5.91 Å². The Kier molecular flexibility index (Phi) is 4.29. The van der Waals surface area contributed by atoms with Gasteiger partial charge in [-0.3, -0.25) is 4.79 Å². The van der Waals surface area contributed by atoms with Gasteiger partial charge in [-0.05, 0) is 49.3 Å². The summed E-state index contributed by atoms with van der Waals surface area (Å²) in [6.45, 7) is 0.644. The molecule has 1 saturated carbocycles. The molecular formula is C18H26N2O. The molecule has 2 aliphatic rings. The molecule has 0 heterocycles. The second-order valence-electron chi connectivity index (χ2n) is 6.59. The molecule has 0 aliphatic heterocycles. The lowest BCUT2D eigenvalue weighted by Gasteiger charge is -2.35. The van der Waals surface area contributed by atoms with Crippen molar-refractivity contribution in [2.75, 3.05) is 13.6 Å². The number of nitrogens with two attached hydrogens (primary N) is 1. The fraction of sp³-hybridized carbons (Fsp3) is 0.611. The Morgan fingerprint density at radius 2 is 2.00 bits per heavy atom. The van der Waals surface area contributed by atoms with E-state index in [1.54, 1.807) is 0 Å². The van der Waals surface area contributed by atoms with Crippen molar-refractivity contribution < 1.29 is 4.79 Å². The number of fused-ring (bicyclic) bond motifs is 1. The lowest BCUT2D eigenvalue weighted by Crippen LogP contribution is -2.41. The highest BCUT2D eigenvalue weighted by molar-refractivity contribution is 5.79. The maximum absolute atomic E-state index is 12.9. The average Bonchev–Trinajstić information content (AvgIpc) is 2.97. The Balaban J connectivity index is 1.76. The van der Waals surface area contributed by atoms with E-state index >= 15 is 0 Å². The van der Waals surface area contributed by atoms with E-state index < -0.39 is 0 Å². The van der Waals surface area contributed by atoms with Crippen LogP contribution in [0, 0.1) is 11.8 Å². The van der Waals surface area contributed by atoms with Crippen molar-refractivity contribution in [1.82, 2.24) is 4.90 Å². The number of amides is 1. The largest absolute Gasteiger partial charge is 0.338 e. The molecule has 1 aromatic rings. The van der Waals surface area contributed by atoms with Gasteiger partial charge in [0.2, 0.25) is 5.91 Å². The first-order chi connectivity index (χ1) is 10.2. The van der Waals surface area contributed by atoms with Crippen LogP contribution in [-0.2, 0) is 11.2 Å². The predicted molar refractivity (Wildman–Crippen MR) is 84.8 cm³/mol. The van der Waals surface area contributed by atoms with Crippen LogP contribution in [-0.4, -0.2) is 24.4 Å². The summed E-state index contributed by atoms with van der Waals surface area (Å²) in [5.41, 5.74) is 8.64. The highest BCUT2D eigenvalue weighted by Gasteiger charge is 2.36. The van der Waals surface area contributed by atoms with Crippen molar-refractivity contribution in [3.8, 4) is 0 Å². The van der Waals surface area contributed by atoms with Gasteiger partial charge in [-0.2, -0.15) is 0 Å². The predicted octanol–water partition coefficient (Wildman–Crippen LogP) is 2.90. The standard InChI is InChI=1S/C18H26N2O/c1-20(17-11-10-13-6-2-4-8-15(13)17)18(21)16-9-5-3-7-14(16)12-19/h2,4,6,8,14,16-17H,3,5,7,9-12,19H2,1H3. The molecule has 0 radical (unpaired) electrons. The average molecular weight is 286 g/mol. The summed E-state index contributed by atoms with van der Waals surface area (Å²) < 4.78 is 0. The van der Waals surface area contributed by atoms with E-state index in [2.05, 4.69) is 24.3 Å². The number of carbonyl (C=O) groups is 1. The molecule has 1 fully saturated rings. The zero-order chi connectivity index (χ0) is 14.8. The molecule has 3 heteroatoms. The van der Waals surface area contributed by atoms with Crippen LogP contribution in [0.2, 0.25) is 0 Å². The third-order valence-electron chi connectivity index (χ3n) is 5.45. The van der Waals surface area contributed by atoms with E-state index in [1.807, 2.05) is 11.9 Å². The van der Waals surface area contributed by atoms with Gasteiger partial charge in [-0.1, -0.05) is 37.1 Å². The summed E-state index contributed by atoms with van der Waals surface area (Å²) in [7, 11) is 1.98. The van der Waals surface area contributed by atoms with E-state index in [9.17, 15) is 4.79 Å². The molecular weight excluding hydrogens is 260 g/mol. The van der Waals surface area contributed by atoms with Crippen LogP contribution < -0.4 is 5.73 Å². The summed E-state index contributed by atoms with van der Waals surface area (Å²) in [6.07, 6.45) is 6.66. The first kappa shape index (κ1) is 14.6. The summed E-state index contributed by atoms with van der Waals surface area (Å²) in [6, 6.07) is 8.80. The molecule has 0 saturated heterocycles. The van der Waals surface area contributed by atoms with Gasteiger partial charge in [0, 0.05) is 13.0 Å². The Hall–Kier alpha value is -1.35. The maximum atomic E-state index is 12.9. The van der Waals surface area contributed by atoms with E-state index in [-0.39, 0.29) is 12.0 Å². The van der Waals surface area contributed by atoms with Gasteiger partial charge < -0.3 is 10.6 Å². The number of hydrogen-bond donors (Lipinski definition) is 1. The van der Waals surface area contributed by atoms with Crippen LogP contribution in [0.3, 0.4) is 0 Å². The number of carbonyl (C=O) groups excluding carboxylic acids is 1. The number of hydrogen-bond acceptors (Lipinski definition) is 2. The normalized spacial score (nSPS) is 28.2. The monoisotopic (exact) mass is 286 g/mol. The summed E-state index contributed by atoms with van der Waals surface area (Å²) in [5.74, 6) is 0.832. The Morgan fingerprint density at radius 3 is 2.81 bits per heavy atom. The van der Waals surface area contributed by atoms with Crippen molar-refractivity contribution in [2.24, 2.45) is 17.6 Å². The molecule has 3 atom stereocenters. The summed E-state index contributed by atoms with van der Waals surface area (Å²) >= 11 is 0. The minimum Gasteiger partial charge on any atom is -0.338 e. The number of aryl methyl sites for hydroxylation is 1. The SMILES string of the molecule is CN(C(=O)C1CCCCC1CN)C1CCc2ccccc21. The summed E-state index contributed by atoms with van der Waals surface area (Å²) in [5, 5.41) is 0. The fourth-order valence-electron chi connectivity index (χ4n) is 4.17. The van der Waals surface area contributed by atoms with Gasteiger partial charge in [-0.25, -0.2) is 0 Å². The molecule has 21 heavy (non-hydrogen) atoms. The van der Waals surface area contributed by atoms with Gasteiger partial charge >= 0.3 is 0 Å².